The van der Waals surface area contributed by atoms with Gasteiger partial charge < -0.3 is 18.9 Å². The van der Waals surface area contributed by atoms with Crippen LogP contribution in [-0.2, 0) is 5.41 Å². The molecule has 2 heterocycles. The summed E-state index contributed by atoms with van der Waals surface area (Å²) >= 11 is 0. The van der Waals surface area contributed by atoms with Gasteiger partial charge in [-0.2, -0.15) is 0 Å². The summed E-state index contributed by atoms with van der Waals surface area (Å²) in [6.45, 7) is 0. The highest BCUT2D eigenvalue weighted by Gasteiger charge is 2.53. The lowest BCUT2D eigenvalue weighted by Gasteiger charge is -2.31. The quantitative estimate of drug-likeness (QED) is 0.166. The number of aromatic nitrogens is 1. The van der Waals surface area contributed by atoms with Crippen molar-refractivity contribution in [1.82, 2.24) is 4.57 Å². The molecule has 1 spiro atoms. The molecule has 3 aliphatic rings. The SMILES string of the molecule is c1ccc(N(c2cccc(-c3ccc(-n4c5ccccc5c5ccccc54)cc3)c2)c2ccccc2-c2ccc3c(c2)Oc2c(ccc4c2-c2ccccc2C42c4ccccc4-c4ccccc42)O3)cc1. The summed E-state index contributed by atoms with van der Waals surface area (Å²) in [5.74, 6) is 2.83. The molecule has 15 rings (SSSR count). The molecule has 1 aromatic heterocycles. The number of hydrogen-bond donors (Lipinski definition) is 0. The van der Waals surface area contributed by atoms with E-state index >= 15 is 0 Å². The van der Waals surface area contributed by atoms with Gasteiger partial charge in [0.05, 0.1) is 22.1 Å². The third kappa shape index (κ3) is 5.73. The summed E-state index contributed by atoms with van der Waals surface area (Å²) in [5, 5.41) is 2.51. The van der Waals surface area contributed by atoms with E-state index in [1.807, 2.05) is 6.07 Å². The number of hydrogen-bond acceptors (Lipinski definition) is 3. The van der Waals surface area contributed by atoms with E-state index in [2.05, 4.69) is 258 Å². The van der Waals surface area contributed by atoms with E-state index in [-0.39, 0.29) is 0 Å². The van der Waals surface area contributed by atoms with Crippen LogP contribution in [0.1, 0.15) is 22.3 Å². The second-order valence-electron chi connectivity index (χ2n) is 18.7. The summed E-state index contributed by atoms with van der Waals surface area (Å²) in [7, 11) is 0. The lowest BCUT2D eigenvalue weighted by Crippen LogP contribution is -2.25. The number of rotatable bonds is 6. The summed E-state index contributed by atoms with van der Waals surface area (Å²) in [4.78, 5) is 2.36. The molecule has 0 fully saturated rings. The van der Waals surface area contributed by atoms with Gasteiger partial charge in [0.1, 0.15) is 0 Å². The van der Waals surface area contributed by atoms with Crippen LogP contribution < -0.4 is 14.4 Å². The maximum atomic E-state index is 7.19. The monoisotopic (exact) mass is 906 g/mol. The first-order valence-electron chi connectivity index (χ1n) is 24.3. The van der Waals surface area contributed by atoms with Crippen molar-refractivity contribution in [2.75, 3.05) is 4.90 Å². The molecule has 332 valence electrons. The average Bonchev–Trinajstić information content (AvgIpc) is 4.05. The Bertz CT molecular complexity index is 4030. The highest BCUT2D eigenvalue weighted by Crippen LogP contribution is 2.66. The van der Waals surface area contributed by atoms with Crippen LogP contribution >= 0.6 is 0 Å². The molecule has 0 N–H and O–H groups in total. The zero-order valence-corrected chi connectivity index (χ0v) is 38.5. The molecule has 4 nitrogen and oxygen atoms in total. The smallest absolute Gasteiger partial charge is 0.178 e. The third-order valence-electron chi connectivity index (χ3n) is 15.1. The van der Waals surface area contributed by atoms with Gasteiger partial charge >= 0.3 is 0 Å². The van der Waals surface area contributed by atoms with E-state index in [1.165, 1.54) is 60.8 Å². The Morgan fingerprint density at radius 3 is 1.62 bits per heavy atom. The van der Waals surface area contributed by atoms with Gasteiger partial charge in [0.25, 0.3) is 0 Å². The van der Waals surface area contributed by atoms with Crippen LogP contribution in [0.3, 0.4) is 0 Å². The Kier molecular flexibility index (Phi) is 8.54. The van der Waals surface area contributed by atoms with E-state index < -0.39 is 5.41 Å². The standard InChI is InChI=1S/C67H42N2O2/c1-2-18-46(19-3-1)68(48-20-16-17-44(41-48)43-33-36-47(37-34-43)69-60-31-14-8-24-52(60)53-25-9-15-32-61(53)69)59-30-13-7-21-49(59)45-35-39-62-64(42-45)71-66-63(70-62)40-38-58-65(66)54-26-6-12-29-57(54)67(58)55-27-10-4-22-50(55)51-23-5-11-28-56(51)67/h1-42H. The zero-order chi connectivity index (χ0) is 46.6. The Morgan fingerprint density at radius 2 is 0.901 bits per heavy atom. The van der Waals surface area contributed by atoms with Crippen molar-refractivity contribution in [3.05, 3.63) is 277 Å². The normalized spacial score (nSPS) is 13.1. The Balaban J connectivity index is 0.816. The van der Waals surface area contributed by atoms with Crippen LogP contribution in [0.25, 0.3) is 72.0 Å². The highest BCUT2D eigenvalue weighted by molar-refractivity contribution is 6.09. The molecule has 11 aromatic carbocycles. The number of anilines is 3. The molecule has 0 amide bonds. The van der Waals surface area contributed by atoms with Crippen molar-refractivity contribution in [2.24, 2.45) is 0 Å². The van der Waals surface area contributed by atoms with Gasteiger partial charge in [0.15, 0.2) is 23.0 Å². The average molecular weight is 907 g/mol. The minimum absolute atomic E-state index is 0.478. The lowest BCUT2D eigenvalue weighted by atomic mass is 9.70. The van der Waals surface area contributed by atoms with Gasteiger partial charge in [-0.3, -0.25) is 0 Å². The molecule has 1 aliphatic heterocycles. The first kappa shape index (κ1) is 39.6. The predicted octanol–water partition coefficient (Wildman–Crippen LogP) is 17.8. The van der Waals surface area contributed by atoms with Crippen molar-refractivity contribution in [3.63, 3.8) is 0 Å². The van der Waals surface area contributed by atoms with Crippen molar-refractivity contribution < 1.29 is 9.47 Å². The molecule has 0 bridgehead atoms. The predicted molar refractivity (Wildman–Crippen MR) is 289 cm³/mol. The fourth-order valence-electron chi connectivity index (χ4n) is 12.1. The van der Waals surface area contributed by atoms with Crippen LogP contribution in [-0.4, -0.2) is 4.57 Å². The molecule has 71 heavy (non-hydrogen) atoms. The fourth-order valence-corrected chi connectivity index (χ4v) is 12.1. The number of fused-ring (bicyclic) bond motifs is 16. The van der Waals surface area contributed by atoms with Gasteiger partial charge in [-0.05, 0) is 128 Å². The van der Waals surface area contributed by atoms with E-state index in [0.717, 1.165) is 56.3 Å². The fraction of sp³-hybridized carbons (Fsp3) is 0.0149. The van der Waals surface area contributed by atoms with E-state index in [9.17, 15) is 0 Å². The minimum Gasteiger partial charge on any atom is -0.449 e. The number of benzene rings is 11. The first-order valence-corrected chi connectivity index (χ1v) is 24.3. The molecule has 2 aliphatic carbocycles. The first-order chi connectivity index (χ1) is 35.2. The van der Waals surface area contributed by atoms with Crippen LogP contribution in [0.15, 0.2) is 255 Å². The van der Waals surface area contributed by atoms with Gasteiger partial charge in [0, 0.05) is 39.0 Å². The topological polar surface area (TPSA) is 26.6 Å². The zero-order valence-electron chi connectivity index (χ0n) is 38.5. The van der Waals surface area contributed by atoms with Crippen molar-refractivity contribution in [2.45, 2.75) is 5.41 Å². The van der Waals surface area contributed by atoms with Gasteiger partial charge in [-0.15, -0.1) is 0 Å². The maximum Gasteiger partial charge on any atom is 0.178 e. The van der Waals surface area contributed by atoms with Crippen LogP contribution in [0, 0.1) is 0 Å². The van der Waals surface area contributed by atoms with E-state index in [1.54, 1.807) is 0 Å². The summed E-state index contributed by atoms with van der Waals surface area (Å²) in [6.07, 6.45) is 0. The molecular weight excluding hydrogens is 865 g/mol. The van der Waals surface area contributed by atoms with Crippen LogP contribution in [0.2, 0.25) is 0 Å². The highest BCUT2D eigenvalue weighted by atomic mass is 16.6. The second-order valence-corrected chi connectivity index (χ2v) is 18.7. The number of para-hydroxylation sites is 4. The summed E-state index contributed by atoms with van der Waals surface area (Å²) < 4.78 is 16.4. The number of nitrogens with zero attached hydrogens (tertiary/aromatic N) is 2. The molecule has 0 saturated heterocycles. The lowest BCUT2D eigenvalue weighted by molar-refractivity contribution is 0.360. The molecule has 0 unspecified atom stereocenters. The van der Waals surface area contributed by atoms with Crippen molar-refractivity contribution in [3.8, 4) is 73.2 Å². The molecule has 0 radical (unpaired) electrons. The van der Waals surface area contributed by atoms with Gasteiger partial charge in [-0.25, -0.2) is 0 Å². The molecular formula is C67H42N2O2. The molecule has 0 atom stereocenters. The van der Waals surface area contributed by atoms with Crippen LogP contribution in [0.4, 0.5) is 17.1 Å². The largest absolute Gasteiger partial charge is 0.449 e. The number of ether oxygens (including phenoxy) is 2. The summed E-state index contributed by atoms with van der Waals surface area (Å²) in [6, 6.07) is 91.8. The Morgan fingerprint density at radius 1 is 0.338 bits per heavy atom. The van der Waals surface area contributed by atoms with E-state index in [4.69, 9.17) is 9.47 Å². The Hall–Kier alpha value is -9.38. The van der Waals surface area contributed by atoms with E-state index in [0.29, 0.717) is 17.2 Å². The molecule has 4 heteroatoms. The Labute approximate surface area is 411 Å². The molecule has 0 saturated carbocycles. The van der Waals surface area contributed by atoms with Gasteiger partial charge in [-0.1, -0.05) is 182 Å². The second kappa shape index (κ2) is 15.3. The third-order valence-corrected chi connectivity index (χ3v) is 15.1. The van der Waals surface area contributed by atoms with Gasteiger partial charge in [0.2, 0.25) is 0 Å². The van der Waals surface area contributed by atoms with Crippen molar-refractivity contribution >= 4 is 38.9 Å². The van der Waals surface area contributed by atoms with Crippen molar-refractivity contribution in [1.29, 1.82) is 0 Å². The molecule has 12 aromatic rings. The minimum atomic E-state index is -0.478. The maximum absolute atomic E-state index is 7.19. The summed E-state index contributed by atoms with van der Waals surface area (Å²) in [5.41, 5.74) is 20.4. The van der Waals surface area contributed by atoms with Crippen LogP contribution in [0.5, 0.6) is 23.0 Å².